The van der Waals surface area contributed by atoms with Crippen LogP contribution in [0.2, 0.25) is 0 Å². The zero-order valence-corrected chi connectivity index (χ0v) is 17.4. The number of aromatic nitrogens is 4. The van der Waals surface area contributed by atoms with Crippen LogP contribution in [0.5, 0.6) is 0 Å². The number of hydrogen-bond donors (Lipinski definition) is 2. The Labute approximate surface area is 177 Å². The molecule has 2 N–H and O–H groups in total. The number of aryl methyl sites for hydroxylation is 3. The Hall–Kier alpha value is -3.30. The molecule has 1 aromatic carbocycles. The van der Waals surface area contributed by atoms with Crippen LogP contribution in [0.15, 0.2) is 36.5 Å². The Bertz CT molecular complexity index is 1100. The lowest BCUT2D eigenvalue weighted by molar-refractivity contribution is -0.173. The molecule has 3 aromatic rings. The zero-order valence-electron chi connectivity index (χ0n) is 17.4. The van der Waals surface area contributed by atoms with E-state index in [1.165, 1.54) is 6.07 Å². The van der Waals surface area contributed by atoms with Gasteiger partial charge in [0.15, 0.2) is 11.7 Å². The lowest BCUT2D eigenvalue weighted by Gasteiger charge is -2.33. The SMILES string of the molecule is Cc1ccc(C2CC(C(F)(F)F)n3nc(C(=O)NCc4cn(C)nc4C)cc3N2)cc1. The molecule has 0 aliphatic carbocycles. The summed E-state index contributed by atoms with van der Waals surface area (Å²) in [7, 11) is 1.77. The van der Waals surface area contributed by atoms with Gasteiger partial charge in [-0.2, -0.15) is 23.4 Å². The maximum absolute atomic E-state index is 13.8. The van der Waals surface area contributed by atoms with E-state index < -0.39 is 24.2 Å². The number of anilines is 1. The number of halogens is 3. The molecule has 10 heteroatoms. The molecule has 3 heterocycles. The maximum atomic E-state index is 13.8. The molecule has 1 aliphatic heterocycles. The van der Waals surface area contributed by atoms with Crippen LogP contribution in [-0.4, -0.2) is 31.6 Å². The molecule has 2 aromatic heterocycles. The van der Waals surface area contributed by atoms with Gasteiger partial charge in [-0.1, -0.05) is 29.8 Å². The average Bonchev–Trinajstić information content (AvgIpc) is 3.27. The Morgan fingerprint density at radius 2 is 1.94 bits per heavy atom. The Balaban J connectivity index is 1.58. The number of amides is 1. The van der Waals surface area contributed by atoms with Gasteiger partial charge < -0.3 is 10.6 Å². The second-order valence-electron chi connectivity index (χ2n) is 7.86. The van der Waals surface area contributed by atoms with Crippen molar-refractivity contribution < 1.29 is 18.0 Å². The van der Waals surface area contributed by atoms with Crippen molar-refractivity contribution in [1.82, 2.24) is 24.9 Å². The maximum Gasteiger partial charge on any atom is 0.410 e. The predicted molar refractivity (Wildman–Crippen MR) is 109 cm³/mol. The van der Waals surface area contributed by atoms with E-state index >= 15 is 0 Å². The fraction of sp³-hybridized carbons (Fsp3) is 0.381. The minimum atomic E-state index is -4.49. The molecule has 0 fully saturated rings. The molecule has 0 saturated heterocycles. The first kappa shape index (κ1) is 21.0. The molecular weight excluding hydrogens is 409 g/mol. The van der Waals surface area contributed by atoms with Crippen molar-refractivity contribution in [2.24, 2.45) is 7.05 Å². The van der Waals surface area contributed by atoms with Crippen LogP contribution >= 0.6 is 0 Å². The lowest BCUT2D eigenvalue weighted by Crippen LogP contribution is -2.35. The van der Waals surface area contributed by atoms with Gasteiger partial charge in [0.2, 0.25) is 0 Å². The molecular formula is C21H23F3N6O. The Morgan fingerprint density at radius 3 is 2.55 bits per heavy atom. The van der Waals surface area contributed by atoms with Crippen molar-refractivity contribution >= 4 is 11.7 Å². The number of nitrogens with zero attached hydrogens (tertiary/aromatic N) is 4. The molecule has 1 amide bonds. The number of nitrogens with one attached hydrogen (secondary N) is 2. The van der Waals surface area contributed by atoms with Gasteiger partial charge in [-0.3, -0.25) is 9.48 Å². The third kappa shape index (κ3) is 4.28. The Morgan fingerprint density at radius 1 is 1.23 bits per heavy atom. The van der Waals surface area contributed by atoms with Gasteiger partial charge in [0.05, 0.1) is 11.7 Å². The van der Waals surface area contributed by atoms with E-state index in [1.807, 2.05) is 38.1 Å². The first-order valence-corrected chi connectivity index (χ1v) is 9.88. The zero-order chi connectivity index (χ0) is 22.3. The topological polar surface area (TPSA) is 76.8 Å². The van der Waals surface area contributed by atoms with Gasteiger partial charge in [0, 0.05) is 37.8 Å². The molecule has 1 aliphatic rings. The van der Waals surface area contributed by atoms with Gasteiger partial charge in [-0.25, -0.2) is 4.68 Å². The third-order valence-corrected chi connectivity index (χ3v) is 5.46. The molecule has 164 valence electrons. The first-order chi connectivity index (χ1) is 14.6. The van der Waals surface area contributed by atoms with Crippen LogP contribution in [-0.2, 0) is 13.6 Å². The second kappa shape index (κ2) is 7.75. The van der Waals surface area contributed by atoms with Crippen molar-refractivity contribution in [3.8, 4) is 0 Å². The summed E-state index contributed by atoms with van der Waals surface area (Å²) in [5, 5.41) is 14.0. The normalized spacial score (nSPS) is 18.4. The van der Waals surface area contributed by atoms with E-state index in [1.54, 1.807) is 17.9 Å². The molecule has 0 bridgehead atoms. The van der Waals surface area contributed by atoms with Gasteiger partial charge >= 0.3 is 6.18 Å². The highest BCUT2D eigenvalue weighted by Crippen LogP contribution is 2.43. The number of rotatable bonds is 4. The number of benzene rings is 1. The summed E-state index contributed by atoms with van der Waals surface area (Å²) in [6.45, 7) is 3.95. The highest BCUT2D eigenvalue weighted by Gasteiger charge is 2.46. The molecule has 0 spiro atoms. The third-order valence-electron chi connectivity index (χ3n) is 5.46. The summed E-state index contributed by atoms with van der Waals surface area (Å²) in [6, 6.07) is 6.37. The van der Waals surface area contributed by atoms with E-state index in [2.05, 4.69) is 20.8 Å². The van der Waals surface area contributed by atoms with Crippen molar-refractivity contribution in [3.63, 3.8) is 0 Å². The highest BCUT2D eigenvalue weighted by molar-refractivity contribution is 5.93. The lowest BCUT2D eigenvalue weighted by atomic mass is 9.96. The average molecular weight is 432 g/mol. The van der Waals surface area contributed by atoms with E-state index in [9.17, 15) is 18.0 Å². The van der Waals surface area contributed by atoms with Crippen LogP contribution < -0.4 is 10.6 Å². The smallest absolute Gasteiger partial charge is 0.363 e. The molecule has 0 saturated carbocycles. The summed E-state index contributed by atoms with van der Waals surface area (Å²) < 4.78 is 43.9. The molecule has 31 heavy (non-hydrogen) atoms. The van der Waals surface area contributed by atoms with Gasteiger partial charge in [-0.15, -0.1) is 0 Å². The van der Waals surface area contributed by atoms with E-state index in [-0.39, 0.29) is 24.5 Å². The van der Waals surface area contributed by atoms with E-state index in [4.69, 9.17) is 0 Å². The summed E-state index contributed by atoms with van der Waals surface area (Å²) in [5.74, 6) is -0.373. The first-order valence-electron chi connectivity index (χ1n) is 9.88. The van der Waals surface area contributed by atoms with Gasteiger partial charge in [-0.05, 0) is 19.4 Å². The van der Waals surface area contributed by atoms with Gasteiger partial charge in [0.25, 0.3) is 5.91 Å². The van der Waals surface area contributed by atoms with Crippen molar-refractivity contribution in [2.45, 2.75) is 45.1 Å². The minimum Gasteiger partial charge on any atom is -0.363 e. The monoisotopic (exact) mass is 432 g/mol. The summed E-state index contributed by atoms with van der Waals surface area (Å²) >= 11 is 0. The van der Waals surface area contributed by atoms with Crippen molar-refractivity contribution in [1.29, 1.82) is 0 Å². The van der Waals surface area contributed by atoms with E-state index in [0.717, 1.165) is 27.1 Å². The quantitative estimate of drug-likeness (QED) is 0.657. The summed E-state index contributed by atoms with van der Waals surface area (Å²) in [5.41, 5.74) is 3.31. The molecule has 7 nitrogen and oxygen atoms in total. The summed E-state index contributed by atoms with van der Waals surface area (Å²) in [6.07, 6.45) is -2.93. The fourth-order valence-electron chi connectivity index (χ4n) is 3.79. The van der Waals surface area contributed by atoms with E-state index in [0.29, 0.717) is 0 Å². The number of fused-ring (bicyclic) bond motifs is 1. The van der Waals surface area contributed by atoms with Crippen LogP contribution in [0.4, 0.5) is 19.0 Å². The highest BCUT2D eigenvalue weighted by atomic mass is 19.4. The van der Waals surface area contributed by atoms with Crippen LogP contribution in [0.1, 0.15) is 51.4 Å². The number of carbonyl (C=O) groups excluding carboxylic acids is 1. The predicted octanol–water partition coefficient (Wildman–Crippen LogP) is 3.82. The second-order valence-corrected chi connectivity index (χ2v) is 7.86. The molecule has 0 radical (unpaired) electrons. The number of hydrogen-bond acceptors (Lipinski definition) is 4. The van der Waals surface area contributed by atoms with Crippen LogP contribution in [0, 0.1) is 13.8 Å². The molecule has 4 rings (SSSR count). The number of alkyl halides is 3. The van der Waals surface area contributed by atoms with Crippen LogP contribution in [0.25, 0.3) is 0 Å². The van der Waals surface area contributed by atoms with Crippen molar-refractivity contribution in [2.75, 3.05) is 5.32 Å². The molecule has 2 unspecified atom stereocenters. The largest absolute Gasteiger partial charge is 0.410 e. The summed E-state index contributed by atoms with van der Waals surface area (Å²) in [4.78, 5) is 12.6. The standard InChI is InChI=1S/C21H23F3N6O/c1-12-4-6-14(7-5-12)16-8-18(21(22,23)24)30-19(26-16)9-17(28-30)20(31)25-10-15-11-29(3)27-13(15)2/h4-7,9,11,16,18,26H,8,10H2,1-3H3,(H,25,31). The Kier molecular flexibility index (Phi) is 5.24. The fourth-order valence-corrected chi connectivity index (χ4v) is 3.79. The minimum absolute atomic E-state index is 0.0668. The van der Waals surface area contributed by atoms with Gasteiger partial charge in [0.1, 0.15) is 5.82 Å². The van der Waals surface area contributed by atoms with Crippen LogP contribution in [0.3, 0.4) is 0 Å². The van der Waals surface area contributed by atoms with Crippen molar-refractivity contribution in [3.05, 3.63) is 64.6 Å². The molecule has 2 atom stereocenters. The number of carbonyl (C=O) groups is 1.